The molecule has 0 radical (unpaired) electrons. The van der Waals surface area contributed by atoms with Crippen molar-refractivity contribution in [1.29, 1.82) is 0 Å². The summed E-state index contributed by atoms with van der Waals surface area (Å²) in [6, 6.07) is 10.9. The molecule has 2 N–H and O–H groups in total. The van der Waals surface area contributed by atoms with Crippen LogP contribution in [0.15, 0.2) is 52.5 Å². The van der Waals surface area contributed by atoms with Crippen molar-refractivity contribution in [2.24, 2.45) is 0 Å². The zero-order chi connectivity index (χ0) is 21.1. The van der Waals surface area contributed by atoms with Crippen molar-refractivity contribution in [3.63, 3.8) is 0 Å². The zero-order valence-corrected chi connectivity index (χ0v) is 17.5. The number of hydrogen-bond acceptors (Lipinski definition) is 6. The van der Waals surface area contributed by atoms with Gasteiger partial charge in [0.1, 0.15) is 5.76 Å². The number of hydrogen-bond donors (Lipinski definition) is 2. The normalized spacial score (nSPS) is 18.2. The van der Waals surface area contributed by atoms with Gasteiger partial charge in [0.25, 0.3) is 11.7 Å². The number of nitrogens with zero attached hydrogens (tertiary/aromatic N) is 1. The maximum Gasteiger partial charge on any atom is 0.295 e. The highest BCUT2D eigenvalue weighted by Gasteiger charge is 2.46. The number of halogens is 1. The monoisotopic (exact) mass is 461 g/mol. The second kappa shape index (κ2) is 8.67. The fourth-order valence-electron chi connectivity index (χ4n) is 3.35. The predicted octanol–water partition coefficient (Wildman–Crippen LogP) is 2.88. The molecule has 2 aromatic rings. The Morgan fingerprint density at radius 2 is 1.72 bits per heavy atom. The summed E-state index contributed by atoms with van der Waals surface area (Å²) < 4.78 is 11.4. The van der Waals surface area contributed by atoms with Gasteiger partial charge in [0.05, 0.1) is 32.4 Å². The van der Waals surface area contributed by atoms with Crippen LogP contribution in [0.3, 0.4) is 0 Å². The zero-order valence-electron chi connectivity index (χ0n) is 15.9. The van der Waals surface area contributed by atoms with E-state index in [1.54, 1.807) is 42.5 Å². The fourth-order valence-corrected chi connectivity index (χ4v) is 3.62. The number of β-amino-alcohol motifs (C(OH)–C–C–N with tert-alkyl or cyclic N) is 1. The summed E-state index contributed by atoms with van der Waals surface area (Å²) in [5.74, 6) is -0.960. The summed E-state index contributed by atoms with van der Waals surface area (Å²) >= 11 is 3.33. The van der Waals surface area contributed by atoms with Crippen molar-refractivity contribution in [1.82, 2.24) is 4.90 Å². The van der Waals surface area contributed by atoms with E-state index in [1.165, 1.54) is 19.1 Å². The third-order valence-corrected chi connectivity index (χ3v) is 5.25. The molecule has 8 heteroatoms. The third kappa shape index (κ3) is 3.86. The molecule has 0 bridgehead atoms. The topological polar surface area (TPSA) is 96.3 Å². The number of ketones is 1. The molecular weight excluding hydrogens is 442 g/mol. The van der Waals surface area contributed by atoms with Crippen molar-refractivity contribution < 1.29 is 29.3 Å². The molecule has 1 fully saturated rings. The van der Waals surface area contributed by atoms with E-state index >= 15 is 0 Å². The van der Waals surface area contributed by atoms with Crippen LogP contribution in [0, 0.1) is 0 Å². The average molecular weight is 462 g/mol. The Bertz CT molecular complexity index is 970. The smallest absolute Gasteiger partial charge is 0.295 e. The summed E-state index contributed by atoms with van der Waals surface area (Å²) in [5.41, 5.74) is 0.910. The van der Waals surface area contributed by atoms with Crippen LogP contribution < -0.4 is 9.47 Å². The molecule has 1 aliphatic rings. The number of benzene rings is 2. The summed E-state index contributed by atoms with van der Waals surface area (Å²) in [4.78, 5) is 26.6. The van der Waals surface area contributed by atoms with Gasteiger partial charge in [0.2, 0.25) is 0 Å². The number of rotatable bonds is 6. The molecule has 0 aliphatic carbocycles. The summed E-state index contributed by atoms with van der Waals surface area (Å²) in [5, 5.41) is 20.3. The molecule has 7 nitrogen and oxygen atoms in total. The number of carbonyl (C=O) groups is 2. The Hall–Kier alpha value is -2.84. The molecule has 0 unspecified atom stereocenters. The van der Waals surface area contributed by atoms with Gasteiger partial charge in [-0.15, -0.1) is 0 Å². The lowest BCUT2D eigenvalue weighted by Gasteiger charge is -2.25. The number of aliphatic hydroxyl groups is 2. The first-order chi connectivity index (χ1) is 13.9. The van der Waals surface area contributed by atoms with Crippen molar-refractivity contribution in [2.45, 2.75) is 6.04 Å². The Labute approximate surface area is 176 Å². The van der Waals surface area contributed by atoms with Crippen LogP contribution in [0.2, 0.25) is 0 Å². The molecule has 1 atom stereocenters. The van der Waals surface area contributed by atoms with Crippen LogP contribution in [-0.4, -0.2) is 54.2 Å². The molecule has 0 spiro atoms. The number of ether oxygens (including phenoxy) is 2. The van der Waals surface area contributed by atoms with E-state index in [1.807, 2.05) is 0 Å². The van der Waals surface area contributed by atoms with Gasteiger partial charge in [-0.05, 0) is 29.8 Å². The van der Waals surface area contributed by atoms with Crippen LogP contribution in [-0.2, 0) is 9.59 Å². The molecule has 152 valence electrons. The minimum Gasteiger partial charge on any atom is -0.507 e. The van der Waals surface area contributed by atoms with E-state index in [2.05, 4.69) is 15.9 Å². The lowest BCUT2D eigenvalue weighted by atomic mass is 9.95. The highest BCUT2D eigenvalue weighted by molar-refractivity contribution is 9.10. The number of methoxy groups -OCH3 is 2. The molecule has 1 aliphatic heterocycles. The highest BCUT2D eigenvalue weighted by atomic mass is 79.9. The van der Waals surface area contributed by atoms with Crippen molar-refractivity contribution in [2.75, 3.05) is 27.4 Å². The van der Waals surface area contributed by atoms with E-state index < -0.39 is 17.7 Å². The van der Waals surface area contributed by atoms with Crippen molar-refractivity contribution in [3.05, 3.63) is 63.6 Å². The van der Waals surface area contributed by atoms with Gasteiger partial charge in [-0.2, -0.15) is 0 Å². The highest BCUT2D eigenvalue weighted by Crippen LogP contribution is 2.41. The second-order valence-corrected chi connectivity index (χ2v) is 7.25. The molecule has 3 rings (SSSR count). The minimum atomic E-state index is -0.870. The first kappa shape index (κ1) is 20.9. The van der Waals surface area contributed by atoms with E-state index in [0.29, 0.717) is 22.6 Å². The Morgan fingerprint density at radius 1 is 1.07 bits per heavy atom. The number of aliphatic hydroxyl groups excluding tert-OH is 2. The largest absolute Gasteiger partial charge is 0.507 e. The van der Waals surface area contributed by atoms with Gasteiger partial charge < -0.3 is 24.6 Å². The van der Waals surface area contributed by atoms with Crippen LogP contribution >= 0.6 is 15.9 Å². The number of Topliss-reactive ketones (excluding diaryl/α,β-unsaturated/α-hetero) is 1. The Morgan fingerprint density at radius 3 is 2.31 bits per heavy atom. The molecule has 1 amide bonds. The molecular formula is C21H20BrNO6. The summed E-state index contributed by atoms with van der Waals surface area (Å²) in [6.07, 6.45) is 0. The molecule has 0 aromatic heterocycles. The maximum absolute atomic E-state index is 12.8. The summed E-state index contributed by atoms with van der Waals surface area (Å²) in [7, 11) is 2.98. The van der Waals surface area contributed by atoms with E-state index in [4.69, 9.17) is 9.47 Å². The van der Waals surface area contributed by atoms with Crippen LogP contribution in [0.25, 0.3) is 5.76 Å². The number of amides is 1. The van der Waals surface area contributed by atoms with Crippen LogP contribution in [0.4, 0.5) is 0 Å². The van der Waals surface area contributed by atoms with Crippen molar-refractivity contribution >= 4 is 33.4 Å². The van der Waals surface area contributed by atoms with Gasteiger partial charge in [-0.1, -0.05) is 34.1 Å². The summed E-state index contributed by atoms with van der Waals surface area (Å²) in [6.45, 7) is -0.379. The first-order valence-corrected chi connectivity index (χ1v) is 9.59. The van der Waals surface area contributed by atoms with Crippen molar-refractivity contribution in [3.8, 4) is 11.5 Å². The Kier molecular flexibility index (Phi) is 6.24. The third-order valence-electron chi connectivity index (χ3n) is 4.72. The van der Waals surface area contributed by atoms with E-state index in [9.17, 15) is 19.8 Å². The van der Waals surface area contributed by atoms with Crippen LogP contribution in [0.5, 0.6) is 11.5 Å². The van der Waals surface area contributed by atoms with Gasteiger partial charge >= 0.3 is 0 Å². The first-order valence-electron chi connectivity index (χ1n) is 8.80. The molecule has 1 saturated heterocycles. The van der Waals surface area contributed by atoms with E-state index in [0.717, 1.165) is 4.47 Å². The van der Waals surface area contributed by atoms with Gasteiger partial charge in [0.15, 0.2) is 11.5 Å². The Balaban J connectivity index is 2.20. The molecule has 1 heterocycles. The second-order valence-electron chi connectivity index (χ2n) is 6.34. The van der Waals surface area contributed by atoms with Gasteiger partial charge in [-0.25, -0.2) is 0 Å². The molecule has 29 heavy (non-hydrogen) atoms. The van der Waals surface area contributed by atoms with E-state index in [-0.39, 0.29) is 24.5 Å². The number of carbonyl (C=O) groups excluding carboxylic acids is 2. The fraction of sp³-hybridized carbons (Fsp3) is 0.238. The quantitative estimate of drug-likeness (QED) is 0.390. The minimum absolute atomic E-state index is 0.0435. The van der Waals surface area contributed by atoms with Gasteiger partial charge in [0, 0.05) is 16.6 Å². The van der Waals surface area contributed by atoms with Gasteiger partial charge in [-0.3, -0.25) is 9.59 Å². The maximum atomic E-state index is 12.8. The molecule has 2 aromatic carbocycles. The SMILES string of the molecule is COc1ccc([C@@H]2C(=C(O)c3ccc(Br)cc3)C(=O)C(=O)N2CCO)cc1OC. The number of likely N-dealkylation sites (tertiary alicyclic amines) is 1. The molecule has 0 saturated carbocycles. The lowest BCUT2D eigenvalue weighted by Crippen LogP contribution is -2.32. The average Bonchev–Trinajstić information content (AvgIpc) is 2.98. The van der Waals surface area contributed by atoms with Crippen LogP contribution in [0.1, 0.15) is 17.2 Å². The standard InChI is InChI=1S/C21H20BrNO6/c1-28-15-8-5-13(11-16(15)29-2)18-17(20(26)21(27)23(18)9-10-24)19(25)12-3-6-14(22)7-4-12/h3-8,11,18,24-25H,9-10H2,1-2H3/t18-/m1/s1. The predicted molar refractivity (Wildman–Crippen MR) is 110 cm³/mol. The lowest BCUT2D eigenvalue weighted by molar-refractivity contribution is -0.140.